The van der Waals surface area contributed by atoms with Crippen molar-refractivity contribution in [1.29, 1.82) is 0 Å². The maximum atomic E-state index is 13.5. The second-order valence-electron chi connectivity index (χ2n) is 10.5. The van der Waals surface area contributed by atoms with Crippen molar-refractivity contribution in [2.75, 3.05) is 64.2 Å². The lowest BCUT2D eigenvalue weighted by molar-refractivity contribution is -0.124. The molecule has 1 amide bonds. The number of esters is 1. The van der Waals surface area contributed by atoms with E-state index in [1.165, 1.54) is 0 Å². The Kier molecular flexibility index (Phi) is 9.21. The Morgan fingerprint density at radius 2 is 1.88 bits per heavy atom. The second kappa shape index (κ2) is 13.2. The number of allylic oxidation sites excluding steroid dienone is 1. The topological polar surface area (TPSA) is 122 Å². The molecule has 0 unspecified atom stereocenters. The highest BCUT2D eigenvalue weighted by Gasteiger charge is 2.30. The number of nitrogens with zero attached hydrogens (tertiary/aromatic N) is 5. The first-order valence-corrected chi connectivity index (χ1v) is 14.2. The number of ether oxygens (including phenoxy) is 2. The third kappa shape index (κ3) is 6.48. The van der Waals surface area contributed by atoms with Crippen LogP contribution in [0.25, 0.3) is 5.57 Å². The summed E-state index contributed by atoms with van der Waals surface area (Å²) in [5.74, 6) is -0.112. The number of benzene rings is 1. The number of aryl methyl sites for hydroxylation is 1. The smallest absolute Gasteiger partial charge is 0.356 e. The number of anilines is 3. The number of methoxy groups -OCH3 is 1. The summed E-state index contributed by atoms with van der Waals surface area (Å²) in [4.78, 5) is 43.3. The summed E-state index contributed by atoms with van der Waals surface area (Å²) in [6, 6.07) is 8.95. The van der Waals surface area contributed by atoms with Crippen molar-refractivity contribution >= 4 is 34.8 Å². The molecule has 0 spiro atoms. The number of aromatic nitrogens is 3. The van der Waals surface area contributed by atoms with Crippen LogP contribution in [0.2, 0.25) is 0 Å². The van der Waals surface area contributed by atoms with E-state index in [1.54, 1.807) is 38.6 Å². The summed E-state index contributed by atoms with van der Waals surface area (Å²) in [7, 11) is 3.73. The van der Waals surface area contributed by atoms with Gasteiger partial charge in [-0.3, -0.25) is 9.69 Å². The molecule has 5 rings (SSSR count). The van der Waals surface area contributed by atoms with Crippen LogP contribution in [0.15, 0.2) is 48.8 Å². The number of likely N-dealkylation sites (N-methyl/N-ethyl adjacent to an activating group) is 1. The van der Waals surface area contributed by atoms with Crippen LogP contribution in [0.4, 0.5) is 17.3 Å². The number of carbonyl (C=O) groups is 2. The molecule has 3 aromatic rings. The molecule has 3 heterocycles. The van der Waals surface area contributed by atoms with Gasteiger partial charge in [0.05, 0.1) is 30.8 Å². The van der Waals surface area contributed by atoms with Crippen molar-refractivity contribution in [3.05, 3.63) is 76.9 Å². The molecule has 1 saturated heterocycles. The van der Waals surface area contributed by atoms with Crippen molar-refractivity contribution < 1.29 is 19.1 Å². The van der Waals surface area contributed by atoms with E-state index in [-0.39, 0.29) is 24.2 Å². The van der Waals surface area contributed by atoms with Gasteiger partial charge in [-0.2, -0.15) is 0 Å². The van der Waals surface area contributed by atoms with Gasteiger partial charge < -0.3 is 25.0 Å². The molecule has 42 heavy (non-hydrogen) atoms. The van der Waals surface area contributed by atoms with Crippen molar-refractivity contribution in [2.24, 2.45) is 0 Å². The minimum absolute atomic E-state index is 0.0597. The van der Waals surface area contributed by atoms with E-state index in [1.807, 2.05) is 19.1 Å². The largest absolute Gasteiger partial charge is 0.461 e. The van der Waals surface area contributed by atoms with Gasteiger partial charge in [-0.05, 0) is 62.2 Å². The Balaban J connectivity index is 1.33. The van der Waals surface area contributed by atoms with Gasteiger partial charge in [0.2, 0.25) is 11.9 Å². The molecule has 0 bridgehead atoms. The highest BCUT2D eigenvalue weighted by atomic mass is 16.5. The SMILES string of the molecule is CCOC(=O)c1ccc(Nc2ncc(C)c(C3=CCc4c(NC(=O)[C@@H](COC)N5CCN(C)CC5)cccc43)n2)cn1. The van der Waals surface area contributed by atoms with Gasteiger partial charge in [0.15, 0.2) is 0 Å². The molecule has 11 nitrogen and oxygen atoms in total. The van der Waals surface area contributed by atoms with E-state index in [0.29, 0.717) is 24.7 Å². The third-order valence-corrected chi connectivity index (χ3v) is 7.57. The normalized spacial score (nSPS) is 16.0. The number of hydrogen-bond acceptors (Lipinski definition) is 10. The maximum Gasteiger partial charge on any atom is 0.356 e. The minimum Gasteiger partial charge on any atom is -0.461 e. The van der Waals surface area contributed by atoms with Crippen LogP contribution in [-0.2, 0) is 20.7 Å². The molecule has 1 fully saturated rings. The van der Waals surface area contributed by atoms with Gasteiger partial charge in [-0.1, -0.05) is 18.2 Å². The summed E-state index contributed by atoms with van der Waals surface area (Å²) in [6.45, 7) is 7.85. The molecule has 0 radical (unpaired) electrons. The molecular formula is C31H37N7O4. The predicted octanol–water partition coefficient (Wildman–Crippen LogP) is 3.29. The maximum absolute atomic E-state index is 13.5. The van der Waals surface area contributed by atoms with Gasteiger partial charge in [0, 0.05) is 50.7 Å². The van der Waals surface area contributed by atoms with Crippen LogP contribution in [-0.4, -0.2) is 96.2 Å². The van der Waals surface area contributed by atoms with Crippen LogP contribution in [0.1, 0.15) is 39.8 Å². The highest BCUT2D eigenvalue weighted by Crippen LogP contribution is 2.37. The van der Waals surface area contributed by atoms with E-state index in [2.05, 4.69) is 49.6 Å². The third-order valence-electron chi connectivity index (χ3n) is 7.57. The fourth-order valence-corrected chi connectivity index (χ4v) is 5.27. The van der Waals surface area contributed by atoms with Crippen LogP contribution in [0.5, 0.6) is 0 Å². The lowest BCUT2D eigenvalue weighted by Crippen LogP contribution is -2.54. The van der Waals surface area contributed by atoms with Gasteiger partial charge in [-0.25, -0.2) is 19.7 Å². The quantitative estimate of drug-likeness (QED) is 0.351. The molecule has 0 saturated carbocycles. The first-order chi connectivity index (χ1) is 20.4. The zero-order chi connectivity index (χ0) is 29.6. The summed E-state index contributed by atoms with van der Waals surface area (Å²) in [6.07, 6.45) is 6.15. The minimum atomic E-state index is -0.464. The first-order valence-electron chi connectivity index (χ1n) is 14.2. The van der Waals surface area contributed by atoms with Gasteiger partial charge in [0.25, 0.3) is 0 Å². The van der Waals surface area contributed by atoms with E-state index in [0.717, 1.165) is 59.8 Å². The van der Waals surface area contributed by atoms with Gasteiger partial charge >= 0.3 is 5.97 Å². The Hall–Kier alpha value is -4.19. The molecular weight excluding hydrogens is 534 g/mol. The highest BCUT2D eigenvalue weighted by molar-refractivity contribution is 5.98. The van der Waals surface area contributed by atoms with E-state index in [4.69, 9.17) is 14.5 Å². The number of rotatable bonds is 10. The fraction of sp³-hybridized carbons (Fsp3) is 0.387. The molecule has 2 N–H and O–H groups in total. The first kappa shape index (κ1) is 29.3. The van der Waals surface area contributed by atoms with Crippen LogP contribution < -0.4 is 10.6 Å². The number of amides is 1. The van der Waals surface area contributed by atoms with Crippen molar-refractivity contribution in [2.45, 2.75) is 26.3 Å². The lowest BCUT2D eigenvalue weighted by Gasteiger charge is -2.36. The van der Waals surface area contributed by atoms with Crippen molar-refractivity contribution in [1.82, 2.24) is 24.8 Å². The molecule has 11 heteroatoms. The Morgan fingerprint density at radius 3 is 2.60 bits per heavy atom. The molecule has 1 aliphatic carbocycles. The summed E-state index contributed by atoms with van der Waals surface area (Å²) >= 11 is 0. The van der Waals surface area contributed by atoms with Crippen molar-refractivity contribution in [3.8, 4) is 0 Å². The number of carbonyl (C=O) groups excluding carboxylic acids is 2. The van der Waals surface area contributed by atoms with Crippen molar-refractivity contribution in [3.63, 3.8) is 0 Å². The summed E-state index contributed by atoms with van der Waals surface area (Å²) < 4.78 is 10.4. The zero-order valence-corrected chi connectivity index (χ0v) is 24.5. The van der Waals surface area contributed by atoms with Gasteiger partial charge in [-0.15, -0.1) is 0 Å². The molecule has 1 aliphatic heterocycles. The summed E-state index contributed by atoms with van der Waals surface area (Å²) in [5.41, 5.74) is 6.51. The number of nitrogens with one attached hydrogen (secondary N) is 2. The zero-order valence-electron chi connectivity index (χ0n) is 24.5. The van der Waals surface area contributed by atoms with Crippen LogP contribution >= 0.6 is 0 Å². The van der Waals surface area contributed by atoms with Gasteiger partial charge in [0.1, 0.15) is 11.7 Å². The molecule has 1 aromatic carbocycles. The number of piperazine rings is 1. The van der Waals surface area contributed by atoms with E-state index in [9.17, 15) is 9.59 Å². The number of pyridine rings is 1. The lowest BCUT2D eigenvalue weighted by atomic mass is 9.99. The average Bonchev–Trinajstić information content (AvgIpc) is 3.43. The Bertz CT molecular complexity index is 1470. The van der Waals surface area contributed by atoms with Crippen LogP contribution in [0, 0.1) is 6.92 Å². The average molecular weight is 572 g/mol. The number of fused-ring (bicyclic) bond motifs is 1. The molecule has 2 aliphatic rings. The van der Waals surface area contributed by atoms with E-state index < -0.39 is 5.97 Å². The fourth-order valence-electron chi connectivity index (χ4n) is 5.27. The number of hydrogen-bond donors (Lipinski definition) is 2. The van der Waals surface area contributed by atoms with E-state index >= 15 is 0 Å². The second-order valence-corrected chi connectivity index (χ2v) is 10.5. The Morgan fingerprint density at radius 1 is 1.07 bits per heavy atom. The molecule has 220 valence electrons. The standard InChI is InChI=1S/C31H37N7O4/c1-5-42-30(40)26-12-9-21(18-32-26)34-31-33-17-20(2)28(36-31)24-11-10-23-22(24)7-6-8-25(23)35-29(39)27(19-41-4)38-15-13-37(3)14-16-38/h6-9,11-12,17-18,27H,5,10,13-16,19H2,1-4H3,(H,35,39)(H,33,34,36)/t27-/m1/s1. The summed E-state index contributed by atoms with van der Waals surface area (Å²) in [5, 5.41) is 6.37. The van der Waals surface area contributed by atoms with Crippen LogP contribution in [0.3, 0.4) is 0 Å². The Labute approximate surface area is 246 Å². The molecule has 1 atom stereocenters. The predicted molar refractivity (Wildman–Crippen MR) is 161 cm³/mol. The monoisotopic (exact) mass is 571 g/mol. The molecule has 2 aromatic heterocycles.